The summed E-state index contributed by atoms with van der Waals surface area (Å²) >= 11 is 0. The molecule has 122 valence electrons. The van der Waals surface area contributed by atoms with Crippen molar-refractivity contribution in [3.05, 3.63) is 78.4 Å². The molecule has 4 rings (SSSR count). The third-order valence-corrected chi connectivity index (χ3v) is 3.96. The minimum Gasteiger partial charge on any atom is -0.508 e. The SMILES string of the molecule is O=C(c1cccc(O)c1)n1c(-c2cccc(O)c2)nc2ccccc21. The quantitative estimate of drug-likeness (QED) is 0.586. The van der Waals surface area contributed by atoms with E-state index in [4.69, 9.17) is 0 Å². The van der Waals surface area contributed by atoms with Gasteiger partial charge in [-0.15, -0.1) is 0 Å². The van der Waals surface area contributed by atoms with Crippen LogP contribution in [0, 0.1) is 0 Å². The van der Waals surface area contributed by atoms with Crippen LogP contribution in [0.15, 0.2) is 72.8 Å². The molecule has 0 bridgehead atoms. The van der Waals surface area contributed by atoms with E-state index in [1.54, 1.807) is 36.4 Å². The number of aromatic hydroxyl groups is 2. The highest BCUT2D eigenvalue weighted by Crippen LogP contribution is 2.28. The fraction of sp³-hybridized carbons (Fsp3) is 0. The molecule has 3 aromatic carbocycles. The fourth-order valence-corrected chi connectivity index (χ4v) is 2.84. The van der Waals surface area contributed by atoms with Crippen molar-refractivity contribution in [2.24, 2.45) is 0 Å². The molecule has 0 aliphatic heterocycles. The van der Waals surface area contributed by atoms with E-state index >= 15 is 0 Å². The number of imidazole rings is 1. The van der Waals surface area contributed by atoms with Gasteiger partial charge in [0.2, 0.25) is 0 Å². The third-order valence-electron chi connectivity index (χ3n) is 3.96. The molecule has 5 heteroatoms. The summed E-state index contributed by atoms with van der Waals surface area (Å²) in [5, 5.41) is 19.5. The van der Waals surface area contributed by atoms with Crippen molar-refractivity contribution in [2.75, 3.05) is 0 Å². The van der Waals surface area contributed by atoms with Gasteiger partial charge in [0, 0.05) is 11.1 Å². The van der Waals surface area contributed by atoms with Crippen molar-refractivity contribution in [1.82, 2.24) is 9.55 Å². The van der Waals surface area contributed by atoms with Crippen LogP contribution in [0.1, 0.15) is 10.4 Å². The van der Waals surface area contributed by atoms with E-state index in [1.165, 1.54) is 16.7 Å². The second kappa shape index (κ2) is 5.79. The molecular formula is C20H14N2O3. The molecule has 0 radical (unpaired) electrons. The van der Waals surface area contributed by atoms with Crippen molar-refractivity contribution >= 4 is 16.9 Å². The van der Waals surface area contributed by atoms with Crippen LogP contribution in [-0.4, -0.2) is 25.7 Å². The van der Waals surface area contributed by atoms with Crippen LogP contribution >= 0.6 is 0 Å². The van der Waals surface area contributed by atoms with Crippen LogP contribution in [0.2, 0.25) is 0 Å². The normalized spacial score (nSPS) is 10.9. The van der Waals surface area contributed by atoms with Crippen LogP contribution in [0.25, 0.3) is 22.4 Å². The zero-order valence-electron chi connectivity index (χ0n) is 13.1. The van der Waals surface area contributed by atoms with E-state index in [0.29, 0.717) is 28.0 Å². The number of rotatable bonds is 2. The smallest absolute Gasteiger partial charge is 0.264 e. The first kappa shape index (κ1) is 15.0. The Kier molecular flexibility index (Phi) is 3.47. The van der Waals surface area contributed by atoms with Gasteiger partial charge in [-0.05, 0) is 42.5 Å². The van der Waals surface area contributed by atoms with Gasteiger partial charge in [-0.3, -0.25) is 9.36 Å². The third kappa shape index (κ3) is 2.61. The predicted molar refractivity (Wildman–Crippen MR) is 94.7 cm³/mol. The Morgan fingerprint density at radius 3 is 2.32 bits per heavy atom. The molecule has 0 fully saturated rings. The topological polar surface area (TPSA) is 75.3 Å². The number of carbonyl (C=O) groups is 1. The lowest BCUT2D eigenvalue weighted by atomic mass is 10.1. The van der Waals surface area contributed by atoms with Crippen LogP contribution in [-0.2, 0) is 0 Å². The van der Waals surface area contributed by atoms with Crippen molar-refractivity contribution in [3.8, 4) is 22.9 Å². The van der Waals surface area contributed by atoms with Crippen LogP contribution in [0.3, 0.4) is 0 Å². The number of phenols is 2. The van der Waals surface area contributed by atoms with E-state index in [0.717, 1.165) is 0 Å². The van der Waals surface area contributed by atoms with Crippen molar-refractivity contribution in [2.45, 2.75) is 0 Å². The molecule has 0 spiro atoms. The summed E-state index contributed by atoms with van der Waals surface area (Å²) in [5.41, 5.74) is 2.32. The summed E-state index contributed by atoms with van der Waals surface area (Å²) in [6.45, 7) is 0. The lowest BCUT2D eigenvalue weighted by Gasteiger charge is -2.09. The summed E-state index contributed by atoms with van der Waals surface area (Å²) < 4.78 is 1.50. The Hall–Kier alpha value is -3.60. The van der Waals surface area contributed by atoms with E-state index in [-0.39, 0.29) is 17.4 Å². The Labute approximate surface area is 143 Å². The van der Waals surface area contributed by atoms with Gasteiger partial charge in [-0.25, -0.2) is 4.98 Å². The maximum atomic E-state index is 13.1. The van der Waals surface area contributed by atoms with Gasteiger partial charge in [-0.1, -0.05) is 30.3 Å². The lowest BCUT2D eigenvalue weighted by molar-refractivity contribution is 0.0966. The Morgan fingerprint density at radius 1 is 0.840 bits per heavy atom. The van der Waals surface area contributed by atoms with Gasteiger partial charge in [0.1, 0.15) is 17.3 Å². The zero-order chi connectivity index (χ0) is 17.4. The number of hydrogen-bond donors (Lipinski definition) is 2. The second-order valence-electron chi connectivity index (χ2n) is 5.67. The molecule has 0 unspecified atom stereocenters. The molecule has 25 heavy (non-hydrogen) atoms. The minimum absolute atomic E-state index is 0.0224. The monoisotopic (exact) mass is 330 g/mol. The summed E-state index contributed by atoms with van der Waals surface area (Å²) in [7, 11) is 0. The molecular weight excluding hydrogens is 316 g/mol. The number of benzene rings is 3. The van der Waals surface area contributed by atoms with Crippen LogP contribution < -0.4 is 0 Å². The zero-order valence-corrected chi connectivity index (χ0v) is 13.1. The molecule has 0 amide bonds. The molecule has 0 aliphatic rings. The number of aromatic nitrogens is 2. The highest BCUT2D eigenvalue weighted by Gasteiger charge is 2.19. The van der Waals surface area contributed by atoms with Crippen molar-refractivity contribution in [3.63, 3.8) is 0 Å². The van der Waals surface area contributed by atoms with Crippen molar-refractivity contribution in [1.29, 1.82) is 0 Å². The molecule has 0 aliphatic carbocycles. The maximum Gasteiger partial charge on any atom is 0.264 e. The van der Waals surface area contributed by atoms with Gasteiger partial charge >= 0.3 is 0 Å². The molecule has 1 aromatic heterocycles. The number of carbonyl (C=O) groups excluding carboxylic acids is 1. The number of nitrogens with zero attached hydrogens (tertiary/aromatic N) is 2. The molecule has 0 saturated carbocycles. The van der Waals surface area contributed by atoms with E-state index in [1.807, 2.05) is 24.3 Å². The van der Waals surface area contributed by atoms with Gasteiger partial charge in [0.25, 0.3) is 5.91 Å². The first-order chi connectivity index (χ1) is 12.1. The van der Waals surface area contributed by atoms with Gasteiger partial charge in [0.05, 0.1) is 11.0 Å². The summed E-state index contributed by atoms with van der Waals surface area (Å²) in [4.78, 5) is 17.7. The molecule has 0 atom stereocenters. The Bertz CT molecular complexity index is 1100. The lowest BCUT2D eigenvalue weighted by Crippen LogP contribution is -2.13. The first-order valence-corrected chi connectivity index (χ1v) is 7.74. The predicted octanol–water partition coefficient (Wildman–Crippen LogP) is 3.80. The minimum atomic E-state index is -0.303. The Balaban J connectivity index is 1.98. The first-order valence-electron chi connectivity index (χ1n) is 7.74. The molecule has 0 saturated heterocycles. The number of fused-ring (bicyclic) bond motifs is 1. The second-order valence-corrected chi connectivity index (χ2v) is 5.67. The van der Waals surface area contributed by atoms with Crippen LogP contribution in [0.5, 0.6) is 11.5 Å². The van der Waals surface area contributed by atoms with Crippen molar-refractivity contribution < 1.29 is 15.0 Å². The molecule has 2 N–H and O–H groups in total. The summed E-state index contributed by atoms with van der Waals surface area (Å²) in [5.74, 6) is 0.253. The van der Waals surface area contributed by atoms with E-state index in [9.17, 15) is 15.0 Å². The van der Waals surface area contributed by atoms with Gasteiger partial charge in [0.15, 0.2) is 0 Å². The van der Waals surface area contributed by atoms with E-state index in [2.05, 4.69) is 4.98 Å². The number of hydrogen-bond acceptors (Lipinski definition) is 4. The molecule has 4 aromatic rings. The molecule has 1 heterocycles. The average Bonchev–Trinajstić information content (AvgIpc) is 3.00. The largest absolute Gasteiger partial charge is 0.508 e. The highest BCUT2D eigenvalue weighted by molar-refractivity contribution is 6.04. The average molecular weight is 330 g/mol. The summed E-state index contributed by atoms with van der Waals surface area (Å²) in [6, 6.07) is 20.1. The Morgan fingerprint density at radius 2 is 1.56 bits per heavy atom. The number of phenolic OH excluding ortho intramolecular Hbond substituents is 2. The van der Waals surface area contributed by atoms with Crippen LogP contribution in [0.4, 0.5) is 0 Å². The summed E-state index contributed by atoms with van der Waals surface area (Å²) in [6.07, 6.45) is 0. The number of para-hydroxylation sites is 2. The maximum absolute atomic E-state index is 13.1. The van der Waals surface area contributed by atoms with Gasteiger partial charge in [-0.2, -0.15) is 0 Å². The van der Waals surface area contributed by atoms with Gasteiger partial charge < -0.3 is 10.2 Å². The van der Waals surface area contributed by atoms with E-state index < -0.39 is 0 Å². The standard InChI is InChI=1S/C20H14N2O3/c23-15-7-3-5-13(11-15)19-21-17-9-1-2-10-18(17)22(19)20(25)14-6-4-8-16(24)12-14/h1-12,23-24H. The fourth-order valence-electron chi connectivity index (χ4n) is 2.84. The molecule has 5 nitrogen and oxygen atoms in total. The highest BCUT2D eigenvalue weighted by atomic mass is 16.3.